The van der Waals surface area contributed by atoms with E-state index in [0.717, 1.165) is 25.7 Å². The van der Waals surface area contributed by atoms with E-state index < -0.39 is 7.75 Å². The number of unbranched alkanes of at least 4 members (excludes halogenated alkanes) is 6. The molecule has 0 spiro atoms. The molecule has 0 aliphatic heterocycles. The van der Waals surface area contributed by atoms with Gasteiger partial charge in [0, 0.05) is 20.2 Å². The molecular formula is C13H30NO3P. The van der Waals surface area contributed by atoms with Crippen LogP contribution in [0.2, 0.25) is 0 Å². The summed E-state index contributed by atoms with van der Waals surface area (Å²) in [6, 6.07) is 0. The Kier molecular flexibility index (Phi) is 11.0. The third-order valence-electron chi connectivity index (χ3n) is 3.13. The quantitative estimate of drug-likeness (QED) is 0.430. The Morgan fingerprint density at radius 3 is 1.72 bits per heavy atom. The summed E-state index contributed by atoms with van der Waals surface area (Å²) in [7, 11) is -2.24. The Morgan fingerprint density at radius 2 is 1.39 bits per heavy atom. The lowest BCUT2D eigenvalue weighted by Gasteiger charge is -2.25. The lowest BCUT2D eigenvalue weighted by molar-refractivity contribution is 0.231. The van der Waals surface area contributed by atoms with Crippen LogP contribution in [0.25, 0.3) is 0 Å². The Hall–Kier alpha value is 0.110. The van der Waals surface area contributed by atoms with Crippen LogP contribution in [-0.2, 0) is 9.09 Å². The molecule has 0 amide bonds. The fourth-order valence-electron chi connectivity index (χ4n) is 1.92. The lowest BCUT2D eigenvalue weighted by Crippen LogP contribution is -2.23. The van der Waals surface area contributed by atoms with Crippen LogP contribution in [0.4, 0.5) is 0 Å². The number of rotatable bonds is 12. The first kappa shape index (κ1) is 18.1. The summed E-state index contributed by atoms with van der Waals surface area (Å²) in [4.78, 5) is 9.76. The van der Waals surface area contributed by atoms with E-state index >= 15 is 0 Å². The number of hydrogen-bond acceptors (Lipinski definition) is 2. The Morgan fingerprint density at radius 1 is 0.944 bits per heavy atom. The summed E-state index contributed by atoms with van der Waals surface area (Å²) in [6.45, 7) is 5.64. The fraction of sp³-hybridized carbons (Fsp3) is 1.00. The van der Waals surface area contributed by atoms with E-state index in [1.165, 1.54) is 32.8 Å². The summed E-state index contributed by atoms with van der Waals surface area (Å²) >= 11 is 0. The highest BCUT2D eigenvalue weighted by molar-refractivity contribution is 7.50. The molecule has 0 aromatic carbocycles. The molecule has 0 bridgehead atoms. The summed E-state index contributed by atoms with van der Waals surface area (Å²) in [5.74, 6) is 0. The first-order valence-electron chi connectivity index (χ1n) is 7.22. The van der Waals surface area contributed by atoms with Crippen molar-refractivity contribution in [2.45, 2.75) is 65.2 Å². The number of nitrogens with zero attached hydrogens (tertiary/aromatic N) is 1. The van der Waals surface area contributed by atoms with Crippen molar-refractivity contribution in [3.05, 3.63) is 0 Å². The van der Waals surface area contributed by atoms with Gasteiger partial charge in [0.25, 0.3) is 0 Å². The third kappa shape index (κ3) is 8.25. The van der Waals surface area contributed by atoms with Crippen molar-refractivity contribution < 1.29 is 14.0 Å². The number of hydrogen-bond donors (Lipinski definition) is 1. The van der Waals surface area contributed by atoms with Crippen LogP contribution in [0.15, 0.2) is 0 Å². The molecule has 0 rings (SSSR count). The zero-order chi connectivity index (χ0) is 13.9. The molecule has 18 heavy (non-hydrogen) atoms. The molecule has 1 N–H and O–H groups in total. The van der Waals surface area contributed by atoms with E-state index in [2.05, 4.69) is 13.8 Å². The molecule has 4 nitrogen and oxygen atoms in total. The standard InChI is InChI=1S/C13H30NO3P/c1-4-6-8-10-12-14(18(15,16)17-3)13-11-9-7-5-2/h4-13H2,1-3H3,(H,15,16). The van der Waals surface area contributed by atoms with Gasteiger partial charge in [-0.05, 0) is 12.8 Å². The molecule has 0 aromatic heterocycles. The van der Waals surface area contributed by atoms with Gasteiger partial charge in [-0.2, -0.15) is 0 Å². The predicted octanol–water partition coefficient (Wildman–Crippen LogP) is 4.20. The molecular weight excluding hydrogens is 249 g/mol. The first-order chi connectivity index (χ1) is 8.58. The molecule has 0 heterocycles. The van der Waals surface area contributed by atoms with E-state index in [-0.39, 0.29) is 0 Å². The van der Waals surface area contributed by atoms with E-state index in [0.29, 0.717) is 13.1 Å². The second-order valence-electron chi connectivity index (χ2n) is 4.75. The van der Waals surface area contributed by atoms with Crippen molar-refractivity contribution in [1.29, 1.82) is 0 Å². The summed E-state index contributed by atoms with van der Waals surface area (Å²) < 4.78 is 18.2. The van der Waals surface area contributed by atoms with Gasteiger partial charge in [0.2, 0.25) is 0 Å². The second kappa shape index (κ2) is 11.0. The van der Waals surface area contributed by atoms with Crippen molar-refractivity contribution in [2.75, 3.05) is 20.2 Å². The van der Waals surface area contributed by atoms with Gasteiger partial charge in [-0.25, -0.2) is 9.24 Å². The van der Waals surface area contributed by atoms with Crippen molar-refractivity contribution in [1.82, 2.24) is 4.67 Å². The maximum absolute atomic E-state index is 11.9. The molecule has 0 aromatic rings. The average Bonchev–Trinajstić information content (AvgIpc) is 2.36. The van der Waals surface area contributed by atoms with Crippen molar-refractivity contribution in [3.8, 4) is 0 Å². The molecule has 5 heteroatoms. The van der Waals surface area contributed by atoms with Gasteiger partial charge in [-0.3, -0.25) is 0 Å². The highest BCUT2D eigenvalue weighted by Crippen LogP contribution is 2.45. The van der Waals surface area contributed by atoms with E-state index in [1.807, 2.05) is 0 Å². The van der Waals surface area contributed by atoms with Crippen LogP contribution in [0, 0.1) is 0 Å². The van der Waals surface area contributed by atoms with Crippen LogP contribution < -0.4 is 0 Å². The molecule has 110 valence electrons. The zero-order valence-electron chi connectivity index (χ0n) is 12.2. The minimum Gasteiger partial charge on any atom is -0.312 e. The maximum Gasteiger partial charge on any atom is 0.405 e. The zero-order valence-corrected chi connectivity index (χ0v) is 13.1. The van der Waals surface area contributed by atoms with Gasteiger partial charge in [0.1, 0.15) is 0 Å². The molecule has 1 unspecified atom stereocenters. The van der Waals surface area contributed by atoms with Crippen LogP contribution in [0.3, 0.4) is 0 Å². The Bertz CT molecular complexity index is 224. The lowest BCUT2D eigenvalue weighted by atomic mass is 10.2. The van der Waals surface area contributed by atoms with E-state index in [1.54, 1.807) is 4.67 Å². The van der Waals surface area contributed by atoms with Crippen LogP contribution in [-0.4, -0.2) is 29.8 Å². The highest BCUT2D eigenvalue weighted by Gasteiger charge is 2.26. The third-order valence-corrected chi connectivity index (χ3v) is 4.73. The molecule has 0 fully saturated rings. The molecule has 0 radical (unpaired) electrons. The molecule has 0 saturated heterocycles. The van der Waals surface area contributed by atoms with Crippen LogP contribution in [0.1, 0.15) is 65.2 Å². The molecule has 1 atom stereocenters. The fourth-order valence-corrected chi connectivity index (χ4v) is 2.94. The van der Waals surface area contributed by atoms with Gasteiger partial charge in [0.15, 0.2) is 0 Å². The molecule has 0 aliphatic carbocycles. The largest absolute Gasteiger partial charge is 0.405 e. The smallest absolute Gasteiger partial charge is 0.312 e. The van der Waals surface area contributed by atoms with Gasteiger partial charge in [-0.15, -0.1) is 0 Å². The minimum absolute atomic E-state index is 0.660. The summed E-state index contributed by atoms with van der Waals surface area (Å²) in [5.41, 5.74) is 0. The Labute approximate surface area is 112 Å². The van der Waals surface area contributed by atoms with Crippen molar-refractivity contribution in [3.63, 3.8) is 0 Å². The van der Waals surface area contributed by atoms with E-state index in [9.17, 15) is 9.46 Å². The monoisotopic (exact) mass is 279 g/mol. The maximum atomic E-state index is 11.9. The average molecular weight is 279 g/mol. The topological polar surface area (TPSA) is 49.8 Å². The minimum atomic E-state index is -3.55. The molecule has 0 aliphatic rings. The van der Waals surface area contributed by atoms with Gasteiger partial charge < -0.3 is 9.42 Å². The normalized spacial score (nSPS) is 14.9. The second-order valence-corrected chi connectivity index (χ2v) is 6.66. The van der Waals surface area contributed by atoms with Gasteiger partial charge >= 0.3 is 7.75 Å². The summed E-state index contributed by atoms with van der Waals surface area (Å²) in [5, 5.41) is 0. The predicted molar refractivity (Wildman–Crippen MR) is 76.7 cm³/mol. The SMILES string of the molecule is CCCCCCN(CCCCCC)P(=O)(O)OC. The van der Waals surface area contributed by atoms with Crippen molar-refractivity contribution in [2.24, 2.45) is 0 Å². The van der Waals surface area contributed by atoms with Crippen molar-refractivity contribution >= 4 is 7.75 Å². The Balaban J connectivity index is 4.05. The van der Waals surface area contributed by atoms with E-state index in [4.69, 9.17) is 4.52 Å². The van der Waals surface area contributed by atoms with Gasteiger partial charge in [0.05, 0.1) is 0 Å². The molecule has 0 saturated carbocycles. The van der Waals surface area contributed by atoms with Gasteiger partial charge in [-0.1, -0.05) is 52.4 Å². The first-order valence-corrected chi connectivity index (χ1v) is 8.75. The van der Waals surface area contributed by atoms with Crippen LogP contribution >= 0.6 is 7.75 Å². The van der Waals surface area contributed by atoms with Crippen LogP contribution in [0.5, 0.6) is 0 Å². The highest BCUT2D eigenvalue weighted by atomic mass is 31.2. The summed E-state index contributed by atoms with van der Waals surface area (Å²) in [6.07, 6.45) is 8.90.